The van der Waals surface area contributed by atoms with Crippen molar-refractivity contribution in [1.29, 1.82) is 0 Å². The van der Waals surface area contributed by atoms with E-state index in [1.165, 1.54) is 4.88 Å². The highest BCUT2D eigenvalue weighted by Gasteiger charge is 2.42. The van der Waals surface area contributed by atoms with E-state index in [0.29, 0.717) is 29.9 Å². The van der Waals surface area contributed by atoms with Crippen molar-refractivity contribution in [3.8, 4) is 0 Å². The topological polar surface area (TPSA) is 68.5 Å². The molecule has 1 aliphatic heterocycles. The van der Waals surface area contributed by atoms with E-state index in [1.807, 2.05) is 44.4 Å². The molecule has 29 heavy (non-hydrogen) atoms. The van der Waals surface area contributed by atoms with Crippen LogP contribution in [0.4, 0.5) is 0 Å². The van der Waals surface area contributed by atoms with Crippen LogP contribution in [0.25, 0.3) is 0 Å². The van der Waals surface area contributed by atoms with Gasteiger partial charge < -0.3 is 14.5 Å². The Kier molecular flexibility index (Phi) is 5.46. The molecule has 152 valence electrons. The first kappa shape index (κ1) is 19.7. The van der Waals surface area contributed by atoms with Crippen LogP contribution >= 0.6 is 11.3 Å². The fraction of sp³-hybridized carbons (Fsp3) is 0.391. The van der Waals surface area contributed by atoms with Gasteiger partial charge in [0, 0.05) is 34.2 Å². The van der Waals surface area contributed by atoms with Crippen LogP contribution in [0.2, 0.25) is 0 Å². The molecule has 0 fully saturated rings. The highest BCUT2D eigenvalue weighted by Crippen LogP contribution is 2.46. The van der Waals surface area contributed by atoms with Gasteiger partial charge >= 0.3 is 5.97 Å². The van der Waals surface area contributed by atoms with E-state index in [4.69, 9.17) is 9.15 Å². The molecule has 2 aromatic heterocycles. The van der Waals surface area contributed by atoms with E-state index in [9.17, 15) is 9.59 Å². The number of esters is 1. The van der Waals surface area contributed by atoms with Crippen LogP contribution in [0.15, 0.2) is 56.6 Å². The molecule has 0 amide bonds. The lowest BCUT2D eigenvalue weighted by atomic mass is 9.74. The number of hydrogen-bond acceptors (Lipinski definition) is 6. The molecule has 2 aliphatic rings. The van der Waals surface area contributed by atoms with E-state index < -0.39 is 11.9 Å². The van der Waals surface area contributed by atoms with Crippen LogP contribution in [0.1, 0.15) is 61.3 Å². The Morgan fingerprint density at radius 3 is 2.76 bits per heavy atom. The van der Waals surface area contributed by atoms with E-state index in [-0.39, 0.29) is 11.7 Å². The van der Waals surface area contributed by atoms with E-state index in [0.717, 1.165) is 30.0 Å². The number of Topliss-reactive ketones (excluding diaryl/α,β-unsaturated/α-hetero) is 1. The summed E-state index contributed by atoms with van der Waals surface area (Å²) in [4.78, 5) is 27.4. The Balaban J connectivity index is 1.77. The van der Waals surface area contributed by atoms with Crippen LogP contribution in [-0.2, 0) is 14.3 Å². The average molecular weight is 412 g/mol. The smallest absolute Gasteiger partial charge is 0.336 e. The fourth-order valence-electron chi connectivity index (χ4n) is 4.20. The molecule has 3 heterocycles. The minimum atomic E-state index is -0.527. The lowest BCUT2D eigenvalue weighted by Gasteiger charge is -2.35. The molecule has 0 spiro atoms. The summed E-state index contributed by atoms with van der Waals surface area (Å²) in [5.41, 5.74) is 2.72. The predicted molar refractivity (Wildman–Crippen MR) is 112 cm³/mol. The van der Waals surface area contributed by atoms with Crippen LogP contribution < -0.4 is 5.32 Å². The summed E-state index contributed by atoms with van der Waals surface area (Å²) in [6.45, 7) is 6.03. The Morgan fingerprint density at radius 1 is 1.28 bits per heavy atom. The van der Waals surface area contributed by atoms with Gasteiger partial charge in [-0.25, -0.2) is 4.79 Å². The van der Waals surface area contributed by atoms with Crippen LogP contribution in [0, 0.1) is 6.92 Å². The van der Waals surface area contributed by atoms with Gasteiger partial charge in [-0.2, -0.15) is 0 Å². The first-order valence-electron chi connectivity index (χ1n) is 10.0. The molecule has 0 aromatic carbocycles. The van der Waals surface area contributed by atoms with Gasteiger partial charge in [0.2, 0.25) is 0 Å². The van der Waals surface area contributed by atoms with E-state index in [2.05, 4.69) is 11.4 Å². The zero-order valence-corrected chi connectivity index (χ0v) is 17.7. The molecule has 0 unspecified atom stereocenters. The summed E-state index contributed by atoms with van der Waals surface area (Å²) in [5, 5.41) is 5.40. The second-order valence-electron chi connectivity index (χ2n) is 7.62. The van der Waals surface area contributed by atoms with Gasteiger partial charge in [-0.05, 0) is 50.3 Å². The fourth-order valence-corrected chi connectivity index (χ4v) is 5.03. The summed E-state index contributed by atoms with van der Waals surface area (Å²) in [6.07, 6.45) is 1.92. The zero-order chi connectivity index (χ0) is 20.5. The quantitative estimate of drug-likeness (QED) is 0.704. The molecule has 4 rings (SSSR count). The summed E-state index contributed by atoms with van der Waals surface area (Å²) in [7, 11) is 0. The number of nitrogens with one attached hydrogen (secondary N) is 1. The van der Waals surface area contributed by atoms with E-state index in [1.54, 1.807) is 11.3 Å². The van der Waals surface area contributed by atoms with Gasteiger partial charge in [0.1, 0.15) is 11.5 Å². The number of thiophene rings is 1. The Labute approximate surface area is 174 Å². The summed E-state index contributed by atoms with van der Waals surface area (Å²) >= 11 is 1.68. The molecule has 0 bridgehead atoms. The number of ether oxygens (including phenoxy) is 1. The SMILES string of the molecule is CCCOC(=O)C1=C(C)NC2=C(C(=O)C[C@@H](c3cccs3)C2)[C@H]1c1ccc(C)o1. The number of allylic oxidation sites excluding steroid dienone is 3. The van der Waals surface area contributed by atoms with Crippen molar-refractivity contribution in [2.75, 3.05) is 6.61 Å². The molecule has 0 saturated carbocycles. The monoisotopic (exact) mass is 411 g/mol. The predicted octanol–water partition coefficient (Wildman–Crippen LogP) is 4.96. The third-order valence-corrected chi connectivity index (χ3v) is 6.51. The van der Waals surface area contributed by atoms with Gasteiger partial charge in [0.25, 0.3) is 0 Å². The molecule has 1 N–H and O–H groups in total. The third-order valence-electron chi connectivity index (χ3n) is 5.48. The largest absolute Gasteiger partial charge is 0.465 e. The molecule has 0 radical (unpaired) electrons. The van der Waals surface area contributed by atoms with Gasteiger partial charge in [-0.1, -0.05) is 13.0 Å². The Hall–Kier alpha value is -2.60. The number of rotatable bonds is 5. The molecule has 6 heteroatoms. The summed E-state index contributed by atoms with van der Waals surface area (Å²) < 4.78 is 11.3. The molecular formula is C23H25NO4S. The van der Waals surface area contributed by atoms with E-state index >= 15 is 0 Å². The Morgan fingerprint density at radius 2 is 2.10 bits per heavy atom. The second-order valence-corrected chi connectivity index (χ2v) is 8.60. The first-order chi connectivity index (χ1) is 14.0. The average Bonchev–Trinajstić information content (AvgIpc) is 3.36. The van der Waals surface area contributed by atoms with Crippen molar-refractivity contribution >= 4 is 23.1 Å². The second kappa shape index (κ2) is 8.03. The van der Waals surface area contributed by atoms with Crippen LogP contribution in [-0.4, -0.2) is 18.4 Å². The minimum Gasteiger partial charge on any atom is -0.465 e. The van der Waals surface area contributed by atoms with Gasteiger partial charge in [0.15, 0.2) is 5.78 Å². The number of carbonyl (C=O) groups excluding carboxylic acids is 2. The molecule has 2 atom stereocenters. The summed E-state index contributed by atoms with van der Waals surface area (Å²) in [6, 6.07) is 7.82. The summed E-state index contributed by atoms with van der Waals surface area (Å²) in [5.74, 6) is 0.664. The number of dihydropyridines is 1. The number of hydrogen-bond donors (Lipinski definition) is 1. The molecule has 5 nitrogen and oxygen atoms in total. The standard InChI is InChI=1S/C23H25NO4S/c1-4-9-27-23(26)20-14(3)24-16-11-15(19-6-5-10-29-19)12-17(25)21(16)22(20)18-8-7-13(2)28-18/h5-8,10,15,22,24H,4,9,11-12H2,1-3H3/t15-,22-/m0/s1. The van der Waals surface area contributed by atoms with Gasteiger partial charge in [0.05, 0.1) is 18.1 Å². The Bertz CT molecular complexity index is 996. The number of ketones is 1. The van der Waals surface area contributed by atoms with Crippen molar-refractivity contribution in [3.63, 3.8) is 0 Å². The third kappa shape index (κ3) is 3.69. The maximum Gasteiger partial charge on any atom is 0.336 e. The van der Waals surface area contributed by atoms with Crippen molar-refractivity contribution in [2.24, 2.45) is 0 Å². The highest BCUT2D eigenvalue weighted by molar-refractivity contribution is 7.10. The number of furan rings is 1. The lowest BCUT2D eigenvalue weighted by Crippen LogP contribution is -2.36. The van der Waals surface area contributed by atoms with Crippen molar-refractivity contribution in [3.05, 3.63) is 68.6 Å². The van der Waals surface area contributed by atoms with Crippen LogP contribution in [0.3, 0.4) is 0 Å². The van der Waals surface area contributed by atoms with Gasteiger partial charge in [-0.15, -0.1) is 11.3 Å². The molecule has 2 aromatic rings. The number of carbonyl (C=O) groups is 2. The first-order valence-corrected chi connectivity index (χ1v) is 10.9. The minimum absolute atomic E-state index is 0.0597. The zero-order valence-electron chi connectivity index (χ0n) is 16.9. The molecular weight excluding hydrogens is 386 g/mol. The number of aryl methyl sites for hydroxylation is 1. The molecule has 1 aliphatic carbocycles. The molecule has 0 saturated heterocycles. The normalized spacial score (nSPS) is 21.8. The van der Waals surface area contributed by atoms with Crippen molar-refractivity contribution in [2.45, 2.75) is 51.9 Å². The van der Waals surface area contributed by atoms with Gasteiger partial charge in [-0.3, -0.25) is 4.79 Å². The van der Waals surface area contributed by atoms with Crippen LogP contribution in [0.5, 0.6) is 0 Å². The lowest BCUT2D eigenvalue weighted by molar-refractivity contribution is -0.139. The van der Waals surface area contributed by atoms with Crippen molar-refractivity contribution in [1.82, 2.24) is 5.32 Å². The van der Waals surface area contributed by atoms with Crippen molar-refractivity contribution < 1.29 is 18.7 Å². The maximum absolute atomic E-state index is 13.3. The maximum atomic E-state index is 13.3. The highest BCUT2D eigenvalue weighted by atomic mass is 32.1.